The fourth-order valence-corrected chi connectivity index (χ4v) is 0.771. The van der Waals surface area contributed by atoms with Gasteiger partial charge in [-0.05, 0) is 6.92 Å². The molecule has 0 bridgehead atoms. The first kappa shape index (κ1) is 7.84. The third-order valence-corrected chi connectivity index (χ3v) is 1.45. The molecule has 11 heavy (non-hydrogen) atoms. The molecule has 1 heterocycles. The Morgan fingerprint density at radius 3 is 3.09 bits per heavy atom. The number of hydrogen-bond acceptors (Lipinski definition) is 4. The zero-order valence-electron chi connectivity index (χ0n) is 6.42. The summed E-state index contributed by atoms with van der Waals surface area (Å²) in [5, 5.41) is 5.82. The Morgan fingerprint density at radius 2 is 2.64 bits per heavy atom. The van der Waals surface area contributed by atoms with Crippen molar-refractivity contribution in [3.63, 3.8) is 0 Å². The van der Waals surface area contributed by atoms with Crippen molar-refractivity contribution in [2.75, 3.05) is 13.1 Å². The minimum atomic E-state index is -0.374. The van der Waals surface area contributed by atoms with E-state index in [1.54, 1.807) is 6.92 Å². The van der Waals surface area contributed by atoms with Crippen molar-refractivity contribution < 1.29 is 4.79 Å². The van der Waals surface area contributed by atoms with E-state index in [0.29, 0.717) is 5.96 Å². The maximum atomic E-state index is 10.6. The van der Waals surface area contributed by atoms with Crippen molar-refractivity contribution in [1.82, 2.24) is 10.6 Å². The third kappa shape index (κ3) is 2.10. The molecule has 5 nitrogen and oxygen atoms in total. The molecule has 0 saturated heterocycles. The molecule has 4 N–H and O–H groups in total. The van der Waals surface area contributed by atoms with Crippen LogP contribution in [0.5, 0.6) is 0 Å². The molecule has 0 saturated carbocycles. The summed E-state index contributed by atoms with van der Waals surface area (Å²) in [6.45, 7) is 3.28. The number of carbonyl (C=O) groups is 1. The van der Waals surface area contributed by atoms with Gasteiger partial charge in [0.2, 0.25) is 5.91 Å². The topological polar surface area (TPSA) is 79.5 Å². The predicted molar refractivity (Wildman–Crippen MR) is 42.1 cm³/mol. The van der Waals surface area contributed by atoms with E-state index in [-0.39, 0.29) is 11.9 Å². The van der Waals surface area contributed by atoms with E-state index in [0.717, 1.165) is 13.1 Å². The fourth-order valence-electron chi connectivity index (χ4n) is 0.771. The SMILES string of the molecule is C[C@@H](NC1=NCCN1)C(N)=O. The summed E-state index contributed by atoms with van der Waals surface area (Å²) in [4.78, 5) is 14.6. The summed E-state index contributed by atoms with van der Waals surface area (Å²) < 4.78 is 0. The Labute approximate surface area is 65.1 Å². The van der Waals surface area contributed by atoms with Gasteiger partial charge >= 0.3 is 0 Å². The molecule has 1 atom stereocenters. The Bertz CT molecular complexity index is 189. The molecule has 1 amide bonds. The van der Waals surface area contributed by atoms with E-state index in [1.807, 2.05) is 0 Å². The van der Waals surface area contributed by atoms with Crippen molar-refractivity contribution in [3.05, 3.63) is 0 Å². The number of nitrogens with two attached hydrogens (primary N) is 1. The highest BCUT2D eigenvalue weighted by molar-refractivity contribution is 5.88. The molecular weight excluding hydrogens is 144 g/mol. The van der Waals surface area contributed by atoms with Crippen LogP contribution in [0.4, 0.5) is 0 Å². The number of aliphatic imine (C=N–C) groups is 1. The van der Waals surface area contributed by atoms with Crippen molar-refractivity contribution in [2.45, 2.75) is 13.0 Å². The average molecular weight is 156 g/mol. The zero-order valence-corrected chi connectivity index (χ0v) is 6.42. The largest absolute Gasteiger partial charge is 0.368 e. The lowest BCUT2D eigenvalue weighted by Crippen LogP contribution is -2.46. The fraction of sp³-hybridized carbons (Fsp3) is 0.667. The number of rotatable bonds is 2. The van der Waals surface area contributed by atoms with E-state index in [4.69, 9.17) is 5.73 Å². The normalized spacial score (nSPS) is 18.5. The van der Waals surface area contributed by atoms with Crippen molar-refractivity contribution >= 4 is 11.9 Å². The number of nitrogens with one attached hydrogen (secondary N) is 2. The van der Waals surface area contributed by atoms with Crippen LogP contribution in [0, 0.1) is 0 Å². The lowest BCUT2D eigenvalue weighted by molar-refractivity contribution is -0.119. The second kappa shape index (κ2) is 3.23. The highest BCUT2D eigenvalue weighted by Crippen LogP contribution is 1.84. The van der Waals surface area contributed by atoms with E-state index < -0.39 is 0 Å². The van der Waals surface area contributed by atoms with Gasteiger partial charge in [0, 0.05) is 6.54 Å². The Balaban J connectivity index is 2.35. The van der Waals surface area contributed by atoms with Gasteiger partial charge in [0.1, 0.15) is 6.04 Å². The summed E-state index contributed by atoms with van der Waals surface area (Å²) in [7, 11) is 0. The number of hydrogen-bond donors (Lipinski definition) is 3. The van der Waals surface area contributed by atoms with Gasteiger partial charge in [-0.2, -0.15) is 0 Å². The molecule has 0 aliphatic carbocycles. The van der Waals surface area contributed by atoms with Gasteiger partial charge in [0.15, 0.2) is 5.96 Å². The summed E-state index contributed by atoms with van der Waals surface area (Å²) >= 11 is 0. The number of carbonyl (C=O) groups excluding carboxylic acids is 1. The molecule has 1 aliphatic rings. The lowest BCUT2D eigenvalue weighted by Gasteiger charge is -2.10. The van der Waals surface area contributed by atoms with E-state index in [9.17, 15) is 4.79 Å². The highest BCUT2D eigenvalue weighted by atomic mass is 16.1. The van der Waals surface area contributed by atoms with Gasteiger partial charge in [-0.3, -0.25) is 9.79 Å². The Kier molecular flexibility index (Phi) is 2.30. The standard InChI is InChI=1S/C6H12N4O/c1-4(5(7)11)10-6-8-2-3-9-6/h4H,2-3H2,1H3,(H2,7,11)(H2,8,9,10)/t4-/m1/s1. The molecule has 0 unspecified atom stereocenters. The van der Waals surface area contributed by atoms with Crippen LogP contribution in [-0.4, -0.2) is 31.0 Å². The molecule has 0 aromatic rings. The molecular formula is C6H12N4O. The van der Waals surface area contributed by atoms with Gasteiger partial charge in [0.25, 0.3) is 0 Å². The van der Waals surface area contributed by atoms with Gasteiger partial charge in [0.05, 0.1) is 6.54 Å². The maximum absolute atomic E-state index is 10.6. The monoisotopic (exact) mass is 156 g/mol. The van der Waals surface area contributed by atoms with Crippen LogP contribution in [0.1, 0.15) is 6.92 Å². The van der Waals surface area contributed by atoms with Crippen LogP contribution >= 0.6 is 0 Å². The van der Waals surface area contributed by atoms with Gasteiger partial charge in [-0.25, -0.2) is 0 Å². The predicted octanol–water partition coefficient (Wildman–Crippen LogP) is -1.59. The summed E-state index contributed by atoms with van der Waals surface area (Å²) in [6.07, 6.45) is 0. The van der Waals surface area contributed by atoms with Crippen LogP contribution < -0.4 is 16.4 Å². The molecule has 0 aromatic heterocycles. The lowest BCUT2D eigenvalue weighted by atomic mass is 10.3. The van der Waals surface area contributed by atoms with Crippen molar-refractivity contribution in [1.29, 1.82) is 0 Å². The molecule has 1 aliphatic heterocycles. The first-order valence-electron chi connectivity index (χ1n) is 3.54. The van der Waals surface area contributed by atoms with E-state index in [1.165, 1.54) is 0 Å². The van der Waals surface area contributed by atoms with Crippen LogP contribution in [0.25, 0.3) is 0 Å². The summed E-state index contributed by atoms with van der Waals surface area (Å²) in [6, 6.07) is -0.362. The Hall–Kier alpha value is -1.26. The molecule has 0 aromatic carbocycles. The average Bonchev–Trinajstić information content (AvgIpc) is 2.39. The quantitative estimate of drug-likeness (QED) is 0.451. The molecule has 0 spiro atoms. The second-order valence-corrected chi connectivity index (χ2v) is 2.43. The van der Waals surface area contributed by atoms with Gasteiger partial charge in [-0.15, -0.1) is 0 Å². The number of primary amides is 1. The van der Waals surface area contributed by atoms with Crippen molar-refractivity contribution in [3.8, 4) is 0 Å². The van der Waals surface area contributed by atoms with Crippen LogP contribution in [0.15, 0.2) is 4.99 Å². The molecule has 62 valence electrons. The first-order chi connectivity index (χ1) is 5.20. The zero-order chi connectivity index (χ0) is 8.27. The third-order valence-electron chi connectivity index (χ3n) is 1.45. The maximum Gasteiger partial charge on any atom is 0.239 e. The minimum absolute atomic E-state index is 0.362. The van der Waals surface area contributed by atoms with Gasteiger partial charge < -0.3 is 16.4 Å². The van der Waals surface area contributed by atoms with Crippen LogP contribution in [-0.2, 0) is 4.79 Å². The smallest absolute Gasteiger partial charge is 0.239 e. The van der Waals surface area contributed by atoms with Crippen LogP contribution in [0.2, 0.25) is 0 Å². The van der Waals surface area contributed by atoms with Gasteiger partial charge in [-0.1, -0.05) is 0 Å². The molecule has 0 fully saturated rings. The molecule has 5 heteroatoms. The number of amides is 1. The second-order valence-electron chi connectivity index (χ2n) is 2.43. The van der Waals surface area contributed by atoms with Crippen LogP contribution in [0.3, 0.4) is 0 Å². The first-order valence-corrected chi connectivity index (χ1v) is 3.54. The minimum Gasteiger partial charge on any atom is -0.368 e. The Morgan fingerprint density at radius 1 is 1.91 bits per heavy atom. The highest BCUT2D eigenvalue weighted by Gasteiger charge is 2.11. The number of guanidine groups is 1. The number of nitrogens with zero attached hydrogens (tertiary/aromatic N) is 1. The van der Waals surface area contributed by atoms with E-state index in [2.05, 4.69) is 15.6 Å². The molecule has 1 rings (SSSR count). The molecule has 0 radical (unpaired) electrons. The summed E-state index contributed by atoms with van der Waals surface area (Å²) in [5.41, 5.74) is 5.03. The van der Waals surface area contributed by atoms with Crippen molar-refractivity contribution in [2.24, 2.45) is 10.7 Å². The summed E-state index contributed by atoms with van der Waals surface area (Å²) in [5.74, 6) is 0.290. The van der Waals surface area contributed by atoms with E-state index >= 15 is 0 Å².